The van der Waals surface area contributed by atoms with Crippen LogP contribution in [0.3, 0.4) is 0 Å². The standard InChI is InChI=1S/C28H26N2O/c29-28(30)23-18-16-22(17-19-23)27(31)26(15-6-10-20-8-2-1-3-9-20)25-14-7-12-21-11-4-5-13-24(21)25/h1-5,7-9,11-14,16-19,26H,6,10,15H2,(H3,29,30). The van der Waals surface area contributed by atoms with Gasteiger partial charge in [-0.2, -0.15) is 0 Å². The molecular formula is C28H26N2O. The normalized spacial score (nSPS) is 11.9. The molecule has 1 unspecified atom stereocenters. The fourth-order valence-corrected chi connectivity index (χ4v) is 4.15. The Balaban J connectivity index is 1.66. The van der Waals surface area contributed by atoms with E-state index in [0.717, 1.165) is 35.6 Å². The maximum Gasteiger partial charge on any atom is 0.170 e. The van der Waals surface area contributed by atoms with Gasteiger partial charge in [0.25, 0.3) is 0 Å². The Kier molecular flexibility index (Phi) is 6.23. The van der Waals surface area contributed by atoms with Crippen LogP contribution in [0.15, 0.2) is 97.1 Å². The van der Waals surface area contributed by atoms with Crippen molar-refractivity contribution >= 4 is 22.4 Å². The Morgan fingerprint density at radius 2 is 1.42 bits per heavy atom. The van der Waals surface area contributed by atoms with E-state index in [2.05, 4.69) is 48.5 Å². The van der Waals surface area contributed by atoms with E-state index in [1.807, 2.05) is 24.3 Å². The van der Waals surface area contributed by atoms with Crippen LogP contribution in [0.25, 0.3) is 10.8 Å². The predicted molar refractivity (Wildman–Crippen MR) is 128 cm³/mol. The topological polar surface area (TPSA) is 66.9 Å². The first-order valence-corrected chi connectivity index (χ1v) is 10.6. The van der Waals surface area contributed by atoms with Crippen molar-refractivity contribution in [2.24, 2.45) is 5.73 Å². The number of ketones is 1. The van der Waals surface area contributed by atoms with Gasteiger partial charge in [0.2, 0.25) is 0 Å². The second-order valence-corrected chi connectivity index (χ2v) is 7.85. The molecule has 3 N–H and O–H groups in total. The molecule has 0 saturated carbocycles. The lowest BCUT2D eigenvalue weighted by Gasteiger charge is -2.19. The van der Waals surface area contributed by atoms with Crippen molar-refractivity contribution in [1.29, 1.82) is 5.41 Å². The first-order valence-electron chi connectivity index (χ1n) is 10.6. The number of carbonyl (C=O) groups excluding carboxylic acids is 1. The molecule has 4 aromatic carbocycles. The minimum absolute atomic E-state index is 0.00691. The molecule has 154 valence electrons. The molecule has 31 heavy (non-hydrogen) atoms. The third-order valence-corrected chi connectivity index (χ3v) is 5.80. The molecule has 0 aliphatic rings. The third kappa shape index (κ3) is 4.72. The predicted octanol–water partition coefficient (Wildman–Crippen LogP) is 6.11. The summed E-state index contributed by atoms with van der Waals surface area (Å²) in [6, 6.07) is 31.9. The molecule has 0 aliphatic heterocycles. The van der Waals surface area contributed by atoms with E-state index in [0.29, 0.717) is 11.1 Å². The molecule has 0 aromatic heterocycles. The second-order valence-electron chi connectivity index (χ2n) is 7.85. The summed E-state index contributed by atoms with van der Waals surface area (Å²) in [6.45, 7) is 0. The van der Waals surface area contributed by atoms with E-state index in [1.54, 1.807) is 24.3 Å². The van der Waals surface area contributed by atoms with Gasteiger partial charge in [0.05, 0.1) is 0 Å². The van der Waals surface area contributed by atoms with E-state index in [9.17, 15) is 4.79 Å². The van der Waals surface area contributed by atoms with Crippen molar-refractivity contribution < 1.29 is 4.79 Å². The Labute approximate surface area is 183 Å². The number of fused-ring (bicyclic) bond motifs is 1. The van der Waals surface area contributed by atoms with Crippen LogP contribution in [-0.2, 0) is 6.42 Å². The van der Waals surface area contributed by atoms with E-state index in [1.165, 1.54) is 5.56 Å². The van der Waals surface area contributed by atoms with Gasteiger partial charge in [-0.3, -0.25) is 10.2 Å². The van der Waals surface area contributed by atoms with Crippen LogP contribution in [0, 0.1) is 5.41 Å². The first kappa shape index (κ1) is 20.5. The SMILES string of the molecule is N=C(N)c1ccc(C(=O)C(CCCc2ccccc2)c2cccc3ccccc23)cc1. The molecule has 0 amide bonds. The summed E-state index contributed by atoms with van der Waals surface area (Å²) in [7, 11) is 0. The van der Waals surface area contributed by atoms with Crippen LogP contribution in [0.4, 0.5) is 0 Å². The van der Waals surface area contributed by atoms with Gasteiger partial charge in [-0.25, -0.2) is 0 Å². The summed E-state index contributed by atoms with van der Waals surface area (Å²) in [6.07, 6.45) is 2.64. The minimum atomic E-state index is -0.224. The number of nitrogens with one attached hydrogen (secondary N) is 1. The lowest BCUT2D eigenvalue weighted by molar-refractivity contribution is 0.0954. The first-order chi connectivity index (χ1) is 15.1. The molecule has 0 radical (unpaired) electrons. The zero-order valence-corrected chi connectivity index (χ0v) is 17.4. The lowest BCUT2D eigenvalue weighted by atomic mass is 9.83. The fourth-order valence-electron chi connectivity index (χ4n) is 4.15. The molecule has 0 fully saturated rings. The van der Waals surface area contributed by atoms with Gasteiger partial charge < -0.3 is 5.73 Å². The summed E-state index contributed by atoms with van der Waals surface area (Å²) < 4.78 is 0. The molecule has 0 heterocycles. The van der Waals surface area contributed by atoms with Crippen LogP contribution in [0.1, 0.15) is 45.8 Å². The number of hydrogen-bond acceptors (Lipinski definition) is 2. The van der Waals surface area contributed by atoms with Gasteiger partial charge in [-0.15, -0.1) is 0 Å². The number of nitrogen functional groups attached to an aromatic ring is 1. The maximum absolute atomic E-state index is 13.6. The molecule has 4 aromatic rings. The maximum atomic E-state index is 13.6. The largest absolute Gasteiger partial charge is 0.384 e. The smallest absolute Gasteiger partial charge is 0.170 e. The van der Waals surface area contributed by atoms with Gasteiger partial charge in [0.1, 0.15) is 5.84 Å². The zero-order valence-electron chi connectivity index (χ0n) is 17.4. The van der Waals surface area contributed by atoms with Crippen molar-refractivity contribution in [3.05, 3.63) is 119 Å². The average Bonchev–Trinajstić information content (AvgIpc) is 2.82. The molecule has 3 heteroatoms. The van der Waals surface area contributed by atoms with Gasteiger partial charge in [0, 0.05) is 17.0 Å². The number of rotatable bonds is 8. The summed E-state index contributed by atoms with van der Waals surface area (Å²) >= 11 is 0. The number of hydrogen-bond donors (Lipinski definition) is 2. The van der Waals surface area contributed by atoms with Crippen LogP contribution in [-0.4, -0.2) is 11.6 Å². The summed E-state index contributed by atoms with van der Waals surface area (Å²) in [5.74, 6) is -0.107. The highest BCUT2D eigenvalue weighted by atomic mass is 16.1. The Bertz CT molecular complexity index is 1190. The number of benzene rings is 4. The number of Topliss-reactive ketones (excluding diaryl/α,β-unsaturated/α-hetero) is 1. The van der Waals surface area contributed by atoms with E-state index < -0.39 is 0 Å². The number of aryl methyl sites for hydroxylation is 1. The molecule has 0 bridgehead atoms. The van der Waals surface area contributed by atoms with Crippen LogP contribution >= 0.6 is 0 Å². The Morgan fingerprint density at radius 1 is 0.774 bits per heavy atom. The number of amidine groups is 1. The van der Waals surface area contributed by atoms with Crippen molar-refractivity contribution in [2.45, 2.75) is 25.2 Å². The molecular weight excluding hydrogens is 380 g/mol. The Morgan fingerprint density at radius 3 is 2.16 bits per heavy atom. The molecule has 0 aliphatic carbocycles. The summed E-state index contributed by atoms with van der Waals surface area (Å²) in [4.78, 5) is 13.6. The van der Waals surface area contributed by atoms with E-state index in [4.69, 9.17) is 11.1 Å². The highest BCUT2D eigenvalue weighted by Gasteiger charge is 2.23. The number of carbonyl (C=O) groups is 1. The van der Waals surface area contributed by atoms with Gasteiger partial charge >= 0.3 is 0 Å². The lowest BCUT2D eigenvalue weighted by Crippen LogP contribution is -2.15. The van der Waals surface area contributed by atoms with Crippen molar-refractivity contribution in [2.75, 3.05) is 0 Å². The second kappa shape index (κ2) is 9.40. The van der Waals surface area contributed by atoms with Crippen molar-refractivity contribution in [3.63, 3.8) is 0 Å². The van der Waals surface area contributed by atoms with Crippen LogP contribution < -0.4 is 5.73 Å². The fraction of sp³-hybridized carbons (Fsp3) is 0.143. The molecule has 4 rings (SSSR count). The van der Waals surface area contributed by atoms with Gasteiger partial charge in [0.15, 0.2) is 5.78 Å². The van der Waals surface area contributed by atoms with Gasteiger partial charge in [-0.1, -0.05) is 97.1 Å². The van der Waals surface area contributed by atoms with Crippen molar-refractivity contribution in [3.8, 4) is 0 Å². The quantitative estimate of drug-likeness (QED) is 0.210. The van der Waals surface area contributed by atoms with Crippen LogP contribution in [0.5, 0.6) is 0 Å². The molecule has 3 nitrogen and oxygen atoms in total. The highest BCUT2D eigenvalue weighted by molar-refractivity contribution is 6.04. The van der Waals surface area contributed by atoms with Crippen LogP contribution in [0.2, 0.25) is 0 Å². The van der Waals surface area contributed by atoms with E-state index in [-0.39, 0.29) is 17.5 Å². The molecule has 0 spiro atoms. The summed E-state index contributed by atoms with van der Waals surface area (Å²) in [5.41, 5.74) is 9.22. The molecule has 1 atom stereocenters. The monoisotopic (exact) mass is 406 g/mol. The minimum Gasteiger partial charge on any atom is -0.384 e. The zero-order chi connectivity index (χ0) is 21.6. The highest BCUT2D eigenvalue weighted by Crippen LogP contribution is 2.32. The molecule has 0 saturated heterocycles. The number of nitrogens with two attached hydrogens (primary N) is 1. The van der Waals surface area contributed by atoms with E-state index >= 15 is 0 Å². The average molecular weight is 407 g/mol. The Hall–Kier alpha value is -3.72. The van der Waals surface area contributed by atoms with Crippen molar-refractivity contribution in [1.82, 2.24) is 0 Å². The van der Waals surface area contributed by atoms with Gasteiger partial charge in [-0.05, 0) is 41.2 Å². The third-order valence-electron chi connectivity index (χ3n) is 5.80. The summed E-state index contributed by atoms with van der Waals surface area (Å²) in [5, 5.41) is 9.86.